The molecule has 0 aliphatic carbocycles. The lowest BCUT2D eigenvalue weighted by atomic mass is 10.3. The van der Waals surface area contributed by atoms with E-state index in [0.29, 0.717) is 11.4 Å². The quantitative estimate of drug-likeness (QED) is 0.515. The van der Waals surface area contributed by atoms with Crippen LogP contribution in [0.15, 0.2) is 24.3 Å². The standard InChI is InChI=1S/C6H5N6/c7-11-9-5-1-2-6(4-3-5)10-12-8/h1-4,7H/q+1/p+1. The van der Waals surface area contributed by atoms with Crippen LogP contribution in [0.1, 0.15) is 0 Å². The molecule has 1 rings (SSSR count). The molecule has 6 nitrogen and oxygen atoms in total. The number of diazo groups is 2. The molecule has 0 saturated carbocycles. The van der Waals surface area contributed by atoms with Gasteiger partial charge in [0.1, 0.15) is 11.4 Å². The maximum absolute atomic E-state index is 8.13. The second-order valence-corrected chi connectivity index (χ2v) is 2.00. The molecule has 0 atom stereocenters. The summed E-state index contributed by atoms with van der Waals surface area (Å²) in [6, 6.07) is 6.64. The minimum absolute atomic E-state index is 0.640. The highest BCUT2D eigenvalue weighted by atomic mass is 15.3. The highest BCUT2D eigenvalue weighted by Crippen LogP contribution is 2.12. The van der Waals surface area contributed by atoms with Gasteiger partial charge in [0.05, 0.1) is 0 Å². The predicted molar refractivity (Wildman–Crippen MR) is 43.9 cm³/mol. The van der Waals surface area contributed by atoms with E-state index >= 15 is 0 Å². The normalized spacial score (nSPS) is 7.83. The summed E-state index contributed by atoms with van der Waals surface area (Å²) in [6.45, 7) is 0. The molecule has 0 spiro atoms. The summed E-state index contributed by atoms with van der Waals surface area (Å²) in [4.78, 5) is 0. The van der Waals surface area contributed by atoms with Gasteiger partial charge in [-0.25, -0.2) is 0 Å². The summed E-state index contributed by atoms with van der Waals surface area (Å²) >= 11 is 0. The van der Waals surface area contributed by atoms with Crippen LogP contribution in [0.4, 0.5) is 11.4 Å². The smallest absolute Gasteiger partial charge is 0.0296 e. The zero-order valence-corrected chi connectivity index (χ0v) is 6.10. The van der Waals surface area contributed by atoms with Crippen LogP contribution < -0.4 is 10.9 Å². The Morgan fingerprint density at radius 1 is 0.833 bits per heavy atom. The molecule has 1 aromatic rings. The SMILES string of the molecule is N#[N+]Nc1ccc(N[N+]#N)cc1. The van der Waals surface area contributed by atoms with Crippen LogP contribution in [0, 0.1) is 10.8 Å². The molecule has 0 bridgehead atoms. The summed E-state index contributed by atoms with van der Waals surface area (Å²) in [6.07, 6.45) is 0. The monoisotopic (exact) mass is 162 g/mol. The zero-order chi connectivity index (χ0) is 8.81. The Labute approximate surface area is 68.4 Å². The van der Waals surface area contributed by atoms with Crippen LogP contribution in [0.3, 0.4) is 0 Å². The van der Waals surface area contributed by atoms with E-state index in [2.05, 4.69) is 21.0 Å². The number of hydrogen-bond donors (Lipinski definition) is 2. The lowest BCUT2D eigenvalue weighted by Crippen LogP contribution is -1.86. The fourth-order valence-corrected chi connectivity index (χ4v) is 0.735. The van der Waals surface area contributed by atoms with Gasteiger partial charge in [-0.3, -0.25) is 0 Å². The van der Waals surface area contributed by atoms with Crippen molar-refractivity contribution >= 4 is 11.4 Å². The Morgan fingerprint density at radius 2 is 1.17 bits per heavy atom. The maximum atomic E-state index is 8.13. The third-order valence-corrected chi connectivity index (χ3v) is 1.24. The molecule has 0 aliphatic rings. The van der Waals surface area contributed by atoms with Crippen molar-refractivity contribution < 1.29 is 0 Å². The van der Waals surface area contributed by atoms with Gasteiger partial charge in [0, 0.05) is 0 Å². The molecule has 1 aromatic carbocycles. The Hall–Kier alpha value is -2.34. The molecule has 0 radical (unpaired) electrons. The van der Waals surface area contributed by atoms with E-state index in [1.165, 1.54) is 0 Å². The van der Waals surface area contributed by atoms with Gasteiger partial charge >= 0.3 is 10.2 Å². The van der Waals surface area contributed by atoms with Gasteiger partial charge in [0.2, 0.25) is 0 Å². The number of anilines is 2. The van der Waals surface area contributed by atoms with Gasteiger partial charge < -0.3 is 0 Å². The van der Waals surface area contributed by atoms with Crippen LogP contribution in [-0.4, -0.2) is 0 Å². The topological polar surface area (TPSA) is 80.4 Å². The molecule has 12 heavy (non-hydrogen) atoms. The van der Waals surface area contributed by atoms with E-state index in [1.807, 2.05) is 0 Å². The second-order valence-electron chi connectivity index (χ2n) is 2.00. The number of benzene rings is 1. The fourth-order valence-electron chi connectivity index (χ4n) is 0.735. The molecule has 6 heteroatoms. The molecule has 2 N–H and O–H groups in total. The average Bonchev–Trinajstić information content (AvgIpc) is 2.09. The minimum Gasteiger partial charge on any atom is -0.0296 e. The first-order valence-electron chi connectivity index (χ1n) is 3.17. The van der Waals surface area contributed by atoms with E-state index in [0.717, 1.165) is 0 Å². The zero-order valence-electron chi connectivity index (χ0n) is 6.10. The van der Waals surface area contributed by atoms with Crippen LogP contribution >= 0.6 is 0 Å². The largest absolute Gasteiger partial charge is 0.308 e. The van der Waals surface area contributed by atoms with Gasteiger partial charge in [0.15, 0.2) is 0 Å². The van der Waals surface area contributed by atoms with Crippen LogP contribution in [-0.2, 0) is 0 Å². The number of rotatable bonds is 2. The van der Waals surface area contributed by atoms with Crippen molar-refractivity contribution in [2.45, 2.75) is 0 Å². The molecule has 0 aliphatic heterocycles. The van der Waals surface area contributed by atoms with Gasteiger partial charge in [-0.05, 0) is 35.1 Å². The highest BCUT2D eigenvalue weighted by Gasteiger charge is 1.99. The lowest BCUT2D eigenvalue weighted by Gasteiger charge is -1.89. The number of nitrogens with one attached hydrogen (secondary N) is 2. The summed E-state index contributed by atoms with van der Waals surface area (Å²) < 4.78 is 0. The Kier molecular flexibility index (Phi) is 2.42. The fraction of sp³-hybridized carbons (Fsp3) is 0. The van der Waals surface area contributed by atoms with Crippen molar-refractivity contribution in [3.05, 3.63) is 34.4 Å². The number of hydrogen-bond acceptors (Lipinski definition) is 4. The van der Waals surface area contributed by atoms with Crippen LogP contribution in [0.2, 0.25) is 0 Å². The first-order valence-corrected chi connectivity index (χ1v) is 3.17. The van der Waals surface area contributed by atoms with Crippen molar-refractivity contribution in [3.63, 3.8) is 0 Å². The maximum Gasteiger partial charge on any atom is 0.308 e. The average molecular weight is 162 g/mol. The first-order chi connectivity index (χ1) is 5.86. The van der Waals surface area contributed by atoms with E-state index in [4.69, 9.17) is 10.8 Å². The van der Waals surface area contributed by atoms with Crippen molar-refractivity contribution in [3.8, 4) is 0 Å². The van der Waals surface area contributed by atoms with Gasteiger partial charge in [-0.1, -0.05) is 0 Å². The summed E-state index contributed by atoms with van der Waals surface area (Å²) in [7, 11) is 0. The molecular formula is C6H6N6+2. The van der Waals surface area contributed by atoms with E-state index < -0.39 is 0 Å². The summed E-state index contributed by atoms with van der Waals surface area (Å²) in [5.74, 6) is 0. The van der Waals surface area contributed by atoms with Crippen molar-refractivity contribution in [1.82, 2.24) is 0 Å². The van der Waals surface area contributed by atoms with E-state index in [9.17, 15) is 0 Å². The van der Waals surface area contributed by atoms with Gasteiger partial charge in [-0.2, -0.15) is 0 Å². The first kappa shape index (κ1) is 7.76. The molecule has 0 aromatic heterocycles. The molecule has 0 heterocycles. The van der Waals surface area contributed by atoms with Crippen LogP contribution in [0.5, 0.6) is 0 Å². The molecule has 0 unspecified atom stereocenters. The minimum atomic E-state index is 0.640. The lowest BCUT2D eigenvalue weighted by molar-refractivity contribution is 1.38. The third kappa shape index (κ3) is 1.82. The van der Waals surface area contributed by atoms with Crippen molar-refractivity contribution in [1.29, 1.82) is 10.8 Å². The van der Waals surface area contributed by atoms with E-state index in [-0.39, 0.29) is 0 Å². The highest BCUT2D eigenvalue weighted by molar-refractivity contribution is 5.54. The van der Waals surface area contributed by atoms with E-state index in [1.54, 1.807) is 24.3 Å². The Bertz CT molecular complexity index is 294. The third-order valence-electron chi connectivity index (χ3n) is 1.24. The van der Waals surface area contributed by atoms with Crippen LogP contribution in [0.25, 0.3) is 10.2 Å². The number of nitrogens with zero attached hydrogens (tertiary/aromatic N) is 4. The van der Waals surface area contributed by atoms with Gasteiger partial charge in [-0.15, -0.1) is 0 Å². The summed E-state index contributed by atoms with van der Waals surface area (Å²) in [5.41, 5.74) is 5.95. The van der Waals surface area contributed by atoms with Crippen molar-refractivity contribution in [2.75, 3.05) is 10.9 Å². The molecule has 0 amide bonds. The molecular weight excluding hydrogens is 156 g/mol. The molecule has 58 valence electrons. The van der Waals surface area contributed by atoms with Crippen molar-refractivity contribution in [2.24, 2.45) is 0 Å². The Morgan fingerprint density at radius 3 is 1.42 bits per heavy atom. The predicted octanol–water partition coefficient (Wildman–Crippen LogP) is 2.05. The Balaban J connectivity index is 2.74. The second kappa shape index (κ2) is 3.74. The molecule has 0 saturated heterocycles. The molecule has 0 fully saturated rings. The van der Waals surface area contributed by atoms with Gasteiger partial charge in [0.25, 0.3) is 10.8 Å². The summed E-state index contributed by atoms with van der Waals surface area (Å²) in [5, 5.41) is 21.7.